The van der Waals surface area contributed by atoms with E-state index in [1.807, 2.05) is 20.8 Å². The van der Waals surface area contributed by atoms with Gasteiger partial charge in [-0.2, -0.15) is 0 Å². The predicted molar refractivity (Wildman–Crippen MR) is 56.0 cm³/mol. The Labute approximate surface area is 85.5 Å². The van der Waals surface area contributed by atoms with E-state index in [1.54, 1.807) is 6.92 Å². The molecule has 84 valence electrons. The number of alkyl halides is 1. The van der Waals surface area contributed by atoms with Crippen molar-refractivity contribution < 1.29 is 9.18 Å². The molecular formula is C10H21FN2O. The maximum absolute atomic E-state index is 11.8. The molecular weight excluding hydrogens is 183 g/mol. The van der Waals surface area contributed by atoms with Gasteiger partial charge in [0.25, 0.3) is 0 Å². The van der Waals surface area contributed by atoms with Crippen LogP contribution in [0.25, 0.3) is 0 Å². The number of amides is 1. The first-order valence-corrected chi connectivity index (χ1v) is 4.98. The van der Waals surface area contributed by atoms with Crippen molar-refractivity contribution in [3.63, 3.8) is 0 Å². The summed E-state index contributed by atoms with van der Waals surface area (Å²) in [6.07, 6.45) is 0.452. The summed E-state index contributed by atoms with van der Waals surface area (Å²) < 4.78 is 11.8. The zero-order valence-electron chi connectivity index (χ0n) is 9.48. The highest BCUT2D eigenvalue weighted by molar-refractivity contribution is 5.81. The van der Waals surface area contributed by atoms with Gasteiger partial charge < -0.3 is 10.6 Å². The average Bonchev–Trinajstić information content (AvgIpc) is 2.01. The summed E-state index contributed by atoms with van der Waals surface area (Å²) in [6.45, 7) is 7.76. The third kappa shape index (κ3) is 6.83. The van der Waals surface area contributed by atoms with Crippen molar-refractivity contribution in [1.29, 1.82) is 0 Å². The lowest BCUT2D eigenvalue weighted by Gasteiger charge is -2.23. The van der Waals surface area contributed by atoms with Crippen LogP contribution in [0, 0.1) is 0 Å². The number of halogens is 1. The number of carbonyl (C=O) groups excluding carboxylic acids is 1. The summed E-state index contributed by atoms with van der Waals surface area (Å²) in [7, 11) is 0. The molecule has 0 aromatic heterocycles. The van der Waals surface area contributed by atoms with Gasteiger partial charge in [0.2, 0.25) is 5.91 Å². The molecule has 4 heteroatoms. The molecule has 1 amide bonds. The van der Waals surface area contributed by atoms with Gasteiger partial charge >= 0.3 is 0 Å². The van der Waals surface area contributed by atoms with Crippen molar-refractivity contribution in [1.82, 2.24) is 10.6 Å². The average molecular weight is 204 g/mol. The predicted octanol–water partition coefficient (Wildman–Crippen LogP) is 1.24. The van der Waals surface area contributed by atoms with Crippen molar-refractivity contribution in [2.75, 3.05) is 13.2 Å². The number of nitrogens with one attached hydrogen (secondary N) is 2. The Hall–Kier alpha value is -0.640. The minimum absolute atomic E-state index is 0.0450. The largest absolute Gasteiger partial charge is 0.350 e. The second-order valence-corrected chi connectivity index (χ2v) is 4.46. The molecule has 0 heterocycles. The van der Waals surface area contributed by atoms with Crippen LogP contribution in [0.1, 0.15) is 34.1 Å². The van der Waals surface area contributed by atoms with Gasteiger partial charge in [-0.25, -0.2) is 0 Å². The van der Waals surface area contributed by atoms with E-state index in [0.717, 1.165) is 0 Å². The third-order valence-electron chi connectivity index (χ3n) is 1.65. The van der Waals surface area contributed by atoms with Crippen LogP contribution in [0.3, 0.4) is 0 Å². The van der Waals surface area contributed by atoms with Gasteiger partial charge in [0, 0.05) is 5.54 Å². The summed E-state index contributed by atoms with van der Waals surface area (Å²) in [6, 6.07) is -0.263. The monoisotopic (exact) mass is 204 g/mol. The molecule has 0 rings (SSSR count). The fraction of sp³-hybridized carbons (Fsp3) is 0.900. The normalized spacial score (nSPS) is 13.8. The molecule has 0 aliphatic rings. The van der Waals surface area contributed by atoms with Gasteiger partial charge in [-0.1, -0.05) is 0 Å². The highest BCUT2D eigenvalue weighted by Gasteiger charge is 2.18. The summed E-state index contributed by atoms with van der Waals surface area (Å²) >= 11 is 0. The lowest BCUT2D eigenvalue weighted by atomic mass is 10.1. The molecule has 2 N–H and O–H groups in total. The Morgan fingerprint density at radius 1 is 1.43 bits per heavy atom. The lowest BCUT2D eigenvalue weighted by Crippen LogP contribution is -2.49. The van der Waals surface area contributed by atoms with Crippen molar-refractivity contribution in [2.24, 2.45) is 0 Å². The molecule has 0 aliphatic heterocycles. The van der Waals surface area contributed by atoms with Gasteiger partial charge in [0.15, 0.2) is 0 Å². The summed E-state index contributed by atoms with van der Waals surface area (Å²) in [5.74, 6) is -0.0450. The molecule has 1 unspecified atom stereocenters. The quantitative estimate of drug-likeness (QED) is 0.661. The van der Waals surface area contributed by atoms with Crippen molar-refractivity contribution in [3.05, 3.63) is 0 Å². The molecule has 3 nitrogen and oxygen atoms in total. The molecule has 0 radical (unpaired) electrons. The van der Waals surface area contributed by atoms with Crippen LogP contribution in [-0.4, -0.2) is 30.7 Å². The molecule has 0 aliphatic carbocycles. The SMILES string of the molecule is CC(NCCCF)C(=O)NC(C)(C)C. The lowest BCUT2D eigenvalue weighted by molar-refractivity contribution is -0.124. The van der Waals surface area contributed by atoms with E-state index >= 15 is 0 Å². The van der Waals surface area contributed by atoms with Gasteiger partial charge in [-0.15, -0.1) is 0 Å². The van der Waals surface area contributed by atoms with Crippen LogP contribution in [0.15, 0.2) is 0 Å². The summed E-state index contributed by atoms with van der Waals surface area (Å²) in [4.78, 5) is 11.5. The van der Waals surface area contributed by atoms with E-state index in [-0.39, 0.29) is 24.2 Å². The highest BCUT2D eigenvalue weighted by atomic mass is 19.1. The Morgan fingerprint density at radius 2 is 2.00 bits per heavy atom. The van der Waals surface area contributed by atoms with Crippen molar-refractivity contribution in [3.8, 4) is 0 Å². The van der Waals surface area contributed by atoms with Crippen LogP contribution < -0.4 is 10.6 Å². The first-order valence-electron chi connectivity index (χ1n) is 4.98. The number of rotatable bonds is 5. The molecule has 0 spiro atoms. The first kappa shape index (κ1) is 13.4. The van der Waals surface area contributed by atoms with Crippen molar-refractivity contribution in [2.45, 2.75) is 45.7 Å². The molecule has 0 fully saturated rings. The smallest absolute Gasteiger partial charge is 0.237 e. The molecule has 0 saturated carbocycles. The first-order chi connectivity index (χ1) is 6.37. The standard InChI is InChI=1S/C10H21FN2O/c1-8(12-7-5-6-11)9(14)13-10(2,3)4/h8,12H,5-7H2,1-4H3,(H,13,14). The number of hydrogen-bond donors (Lipinski definition) is 2. The minimum atomic E-state index is -0.347. The number of carbonyl (C=O) groups is 1. The fourth-order valence-electron chi connectivity index (χ4n) is 0.956. The Balaban J connectivity index is 3.77. The van der Waals surface area contributed by atoms with E-state index in [9.17, 15) is 9.18 Å². The van der Waals surface area contributed by atoms with Gasteiger partial charge in [0.1, 0.15) is 0 Å². The molecule has 1 atom stereocenters. The van der Waals surface area contributed by atoms with Crippen LogP contribution in [-0.2, 0) is 4.79 Å². The zero-order chi connectivity index (χ0) is 11.2. The second kappa shape index (κ2) is 5.96. The topological polar surface area (TPSA) is 41.1 Å². The summed E-state index contributed by atoms with van der Waals surface area (Å²) in [5.41, 5.74) is -0.215. The van der Waals surface area contributed by atoms with Crippen LogP contribution >= 0.6 is 0 Å². The van der Waals surface area contributed by atoms with Crippen molar-refractivity contribution >= 4 is 5.91 Å². The maximum Gasteiger partial charge on any atom is 0.237 e. The third-order valence-corrected chi connectivity index (χ3v) is 1.65. The van der Waals surface area contributed by atoms with E-state index in [0.29, 0.717) is 13.0 Å². The Kier molecular flexibility index (Phi) is 5.69. The van der Waals surface area contributed by atoms with Gasteiger partial charge in [0.05, 0.1) is 12.7 Å². The van der Waals surface area contributed by atoms with Gasteiger partial charge in [-0.05, 0) is 40.7 Å². The van der Waals surface area contributed by atoms with E-state index in [2.05, 4.69) is 10.6 Å². The molecule has 0 saturated heterocycles. The highest BCUT2D eigenvalue weighted by Crippen LogP contribution is 1.99. The van der Waals surface area contributed by atoms with E-state index < -0.39 is 0 Å². The Bertz CT molecular complexity index is 177. The van der Waals surface area contributed by atoms with Crippen LogP contribution in [0.4, 0.5) is 4.39 Å². The molecule has 0 aromatic carbocycles. The zero-order valence-corrected chi connectivity index (χ0v) is 9.48. The molecule has 14 heavy (non-hydrogen) atoms. The van der Waals surface area contributed by atoms with E-state index in [4.69, 9.17) is 0 Å². The Morgan fingerprint density at radius 3 is 2.43 bits per heavy atom. The van der Waals surface area contributed by atoms with E-state index in [1.165, 1.54) is 0 Å². The van der Waals surface area contributed by atoms with Gasteiger partial charge in [-0.3, -0.25) is 9.18 Å². The van der Waals surface area contributed by atoms with Crippen LogP contribution in [0.2, 0.25) is 0 Å². The number of hydrogen-bond acceptors (Lipinski definition) is 2. The summed E-state index contributed by atoms with van der Waals surface area (Å²) in [5, 5.41) is 5.80. The molecule has 0 aromatic rings. The maximum atomic E-state index is 11.8. The van der Waals surface area contributed by atoms with Crippen LogP contribution in [0.5, 0.6) is 0 Å². The molecule has 0 bridgehead atoms. The second-order valence-electron chi connectivity index (χ2n) is 4.46. The minimum Gasteiger partial charge on any atom is -0.350 e. The fourth-order valence-corrected chi connectivity index (χ4v) is 0.956.